The van der Waals surface area contributed by atoms with Crippen LogP contribution < -0.4 is 5.32 Å². The van der Waals surface area contributed by atoms with E-state index in [1.54, 1.807) is 23.1 Å². The van der Waals surface area contributed by atoms with Crippen molar-refractivity contribution < 1.29 is 29.3 Å². The van der Waals surface area contributed by atoms with Gasteiger partial charge < -0.3 is 25.0 Å². The van der Waals surface area contributed by atoms with Gasteiger partial charge in [-0.1, -0.05) is 90.7 Å². The zero-order chi connectivity index (χ0) is 31.8. The lowest BCUT2D eigenvalue weighted by Crippen LogP contribution is -2.38. The summed E-state index contributed by atoms with van der Waals surface area (Å²) in [6, 6.07) is 24.0. The average molecular weight is 648 g/mol. The summed E-state index contributed by atoms with van der Waals surface area (Å²) in [6.45, 7) is 4.43. The topological polar surface area (TPSA) is 131 Å². The molecule has 1 aromatic heterocycles. The molecule has 236 valence electrons. The van der Waals surface area contributed by atoms with E-state index in [4.69, 9.17) is 14.6 Å². The summed E-state index contributed by atoms with van der Waals surface area (Å²) in [5.74, 6) is -0.313. The molecule has 1 aliphatic rings. The standard InChI is InChI=1S/C34H37N3O6S2/c1-21-29(20-44-34-37-36-22(2)45-34)42-33(43-32(21)25-14-12-23(19-38)13-15-25)28-9-4-8-27(17-28)26-7-3-6-24(16-26)18-35-30(39)10-5-11-31(40)41/h3-4,6-9,12-17,21,29,32-33,38H,5,10-11,18-20H2,1-2H3,(H,35,39)(H,40,41)/t21-,29+,32+,33+/m1/s1. The van der Waals surface area contributed by atoms with E-state index in [0.717, 1.165) is 42.7 Å². The molecular formula is C34H37N3O6S2. The van der Waals surface area contributed by atoms with Crippen LogP contribution in [0.1, 0.15) is 65.8 Å². The highest BCUT2D eigenvalue weighted by Crippen LogP contribution is 2.43. The number of carbonyl (C=O) groups excluding carboxylic acids is 1. The largest absolute Gasteiger partial charge is 0.481 e. The Labute approximate surface area is 271 Å². The molecule has 0 radical (unpaired) electrons. The molecule has 9 nitrogen and oxygen atoms in total. The Kier molecular flexibility index (Phi) is 11.4. The molecule has 0 saturated carbocycles. The molecule has 45 heavy (non-hydrogen) atoms. The summed E-state index contributed by atoms with van der Waals surface area (Å²) < 4.78 is 14.2. The van der Waals surface area contributed by atoms with Crippen molar-refractivity contribution in [2.24, 2.45) is 5.92 Å². The van der Waals surface area contributed by atoms with Gasteiger partial charge in [-0.25, -0.2) is 0 Å². The van der Waals surface area contributed by atoms with Gasteiger partial charge in [0.25, 0.3) is 0 Å². The fourth-order valence-corrected chi connectivity index (χ4v) is 7.22. The number of aliphatic hydroxyl groups is 1. The number of rotatable bonds is 13. The number of hydrogen-bond donors (Lipinski definition) is 3. The van der Waals surface area contributed by atoms with Gasteiger partial charge in [0.2, 0.25) is 5.91 Å². The maximum Gasteiger partial charge on any atom is 0.303 e. The Bertz CT molecular complexity index is 1590. The van der Waals surface area contributed by atoms with Gasteiger partial charge in [-0.2, -0.15) is 0 Å². The Morgan fingerprint density at radius 3 is 2.40 bits per heavy atom. The first-order valence-corrected chi connectivity index (χ1v) is 16.7. The van der Waals surface area contributed by atoms with Gasteiger partial charge in [0.05, 0.1) is 18.8 Å². The molecule has 5 rings (SSSR count). The molecule has 0 aliphatic carbocycles. The lowest BCUT2D eigenvalue weighted by molar-refractivity contribution is -0.268. The highest BCUT2D eigenvalue weighted by molar-refractivity contribution is 8.01. The second-order valence-electron chi connectivity index (χ2n) is 11.1. The van der Waals surface area contributed by atoms with Gasteiger partial charge in [0, 0.05) is 36.6 Å². The van der Waals surface area contributed by atoms with Crippen molar-refractivity contribution in [1.29, 1.82) is 0 Å². The normalized spacial score (nSPS) is 19.7. The van der Waals surface area contributed by atoms with Crippen molar-refractivity contribution in [1.82, 2.24) is 15.5 Å². The summed E-state index contributed by atoms with van der Waals surface area (Å²) in [7, 11) is 0. The fraction of sp³-hybridized carbons (Fsp3) is 0.353. The Hall–Kier alpha value is -3.61. The molecule has 2 heterocycles. The third-order valence-electron chi connectivity index (χ3n) is 7.71. The van der Waals surface area contributed by atoms with Crippen LogP contribution in [0.25, 0.3) is 11.1 Å². The molecule has 4 aromatic rings. The number of amides is 1. The fourth-order valence-electron chi connectivity index (χ4n) is 5.21. The van der Waals surface area contributed by atoms with Crippen molar-refractivity contribution >= 4 is 35.0 Å². The van der Waals surface area contributed by atoms with Gasteiger partial charge >= 0.3 is 5.97 Å². The monoisotopic (exact) mass is 647 g/mol. The predicted molar refractivity (Wildman–Crippen MR) is 174 cm³/mol. The Morgan fingerprint density at radius 2 is 1.69 bits per heavy atom. The Balaban J connectivity index is 1.33. The maximum atomic E-state index is 12.2. The summed E-state index contributed by atoms with van der Waals surface area (Å²) in [6.07, 6.45) is -0.463. The predicted octanol–water partition coefficient (Wildman–Crippen LogP) is 6.46. The number of nitrogens with one attached hydrogen (secondary N) is 1. The molecule has 0 spiro atoms. The van der Waals surface area contributed by atoms with Crippen LogP contribution in [-0.2, 0) is 32.2 Å². The van der Waals surface area contributed by atoms with Gasteiger partial charge in [-0.15, -0.1) is 10.2 Å². The number of aromatic nitrogens is 2. The van der Waals surface area contributed by atoms with Crippen molar-refractivity contribution in [3.05, 3.63) is 100 Å². The molecule has 1 aliphatic heterocycles. The highest BCUT2D eigenvalue weighted by Gasteiger charge is 2.38. The molecule has 1 saturated heterocycles. The molecule has 3 aromatic carbocycles. The van der Waals surface area contributed by atoms with Crippen LogP contribution in [0.3, 0.4) is 0 Å². The van der Waals surface area contributed by atoms with E-state index in [2.05, 4.69) is 28.5 Å². The Morgan fingerprint density at radius 1 is 0.933 bits per heavy atom. The number of aliphatic hydroxyl groups excluding tert-OH is 1. The van der Waals surface area contributed by atoms with Crippen molar-refractivity contribution in [3.8, 4) is 11.1 Å². The molecule has 3 N–H and O–H groups in total. The molecule has 1 amide bonds. The number of thioether (sulfide) groups is 1. The number of ether oxygens (including phenoxy) is 2. The number of carboxylic acids is 1. The highest BCUT2D eigenvalue weighted by atomic mass is 32.2. The number of nitrogens with zero attached hydrogens (tertiary/aromatic N) is 2. The summed E-state index contributed by atoms with van der Waals surface area (Å²) in [5.41, 5.74) is 5.71. The van der Waals surface area contributed by atoms with Crippen LogP contribution in [0.5, 0.6) is 0 Å². The number of aryl methyl sites for hydroxylation is 1. The van der Waals surface area contributed by atoms with Gasteiger partial charge in [-0.3, -0.25) is 9.59 Å². The minimum atomic E-state index is -0.902. The van der Waals surface area contributed by atoms with E-state index >= 15 is 0 Å². The van der Waals surface area contributed by atoms with Gasteiger partial charge in [-0.05, 0) is 53.3 Å². The van der Waals surface area contributed by atoms with E-state index in [0.29, 0.717) is 18.7 Å². The van der Waals surface area contributed by atoms with Crippen molar-refractivity contribution in [3.63, 3.8) is 0 Å². The van der Waals surface area contributed by atoms with E-state index in [1.165, 1.54) is 0 Å². The molecule has 1 fully saturated rings. The summed E-state index contributed by atoms with van der Waals surface area (Å²) in [4.78, 5) is 22.9. The van der Waals surface area contributed by atoms with Crippen molar-refractivity contribution in [2.75, 3.05) is 5.75 Å². The molecule has 4 atom stereocenters. The van der Waals surface area contributed by atoms with Gasteiger partial charge in [0.1, 0.15) is 5.01 Å². The third kappa shape index (κ3) is 8.99. The van der Waals surface area contributed by atoms with Crippen LogP contribution >= 0.6 is 23.1 Å². The number of hydrogen-bond acceptors (Lipinski definition) is 9. The summed E-state index contributed by atoms with van der Waals surface area (Å²) in [5, 5.41) is 30.6. The summed E-state index contributed by atoms with van der Waals surface area (Å²) >= 11 is 3.21. The van der Waals surface area contributed by atoms with E-state index < -0.39 is 12.3 Å². The van der Waals surface area contributed by atoms with E-state index in [1.807, 2.05) is 73.7 Å². The number of carbonyl (C=O) groups is 2. The lowest BCUT2D eigenvalue weighted by atomic mass is 9.91. The van der Waals surface area contributed by atoms with E-state index in [-0.39, 0.29) is 43.5 Å². The minimum absolute atomic E-state index is 0.0131. The first-order chi connectivity index (χ1) is 21.8. The first kappa shape index (κ1) is 32.8. The molecular weight excluding hydrogens is 611 g/mol. The third-order valence-corrected chi connectivity index (χ3v) is 9.77. The quantitative estimate of drug-likeness (QED) is 0.140. The van der Waals surface area contributed by atoms with Crippen LogP contribution in [-0.4, -0.2) is 44.1 Å². The van der Waals surface area contributed by atoms with Crippen LogP contribution in [0, 0.1) is 12.8 Å². The van der Waals surface area contributed by atoms with Crippen LogP contribution in [0.15, 0.2) is 77.1 Å². The maximum absolute atomic E-state index is 12.2. The first-order valence-electron chi connectivity index (χ1n) is 14.9. The lowest BCUT2D eigenvalue weighted by Gasteiger charge is -2.41. The molecule has 0 unspecified atom stereocenters. The smallest absolute Gasteiger partial charge is 0.303 e. The second-order valence-corrected chi connectivity index (χ2v) is 13.5. The molecule has 11 heteroatoms. The zero-order valence-electron chi connectivity index (χ0n) is 25.2. The van der Waals surface area contributed by atoms with Crippen LogP contribution in [0.2, 0.25) is 0 Å². The second kappa shape index (κ2) is 15.6. The molecule has 0 bridgehead atoms. The average Bonchev–Trinajstić information content (AvgIpc) is 3.48. The number of benzene rings is 3. The van der Waals surface area contributed by atoms with Crippen LogP contribution in [0.4, 0.5) is 0 Å². The number of aliphatic carboxylic acids is 1. The minimum Gasteiger partial charge on any atom is -0.481 e. The van der Waals surface area contributed by atoms with Crippen molar-refractivity contribution in [2.45, 2.75) is 69.1 Å². The SMILES string of the molecule is Cc1nnc(SC[C@@H]2O[C@H](c3cccc(-c4cccc(CNC(=O)CCCC(=O)O)c4)c3)O[C@H](c3ccc(CO)cc3)[C@@H]2C)s1. The van der Waals surface area contributed by atoms with E-state index in [9.17, 15) is 14.7 Å². The number of carboxylic acid groups (broad SMARTS) is 1. The zero-order valence-corrected chi connectivity index (χ0v) is 26.9. The van der Waals surface area contributed by atoms with Gasteiger partial charge in [0.15, 0.2) is 10.6 Å².